The lowest BCUT2D eigenvalue weighted by Crippen LogP contribution is -2.40. The molecule has 9 heteroatoms. The molecule has 41 heavy (non-hydrogen) atoms. The van der Waals surface area contributed by atoms with Crippen molar-refractivity contribution in [3.05, 3.63) is 101 Å². The first kappa shape index (κ1) is 26.9. The number of ketones is 2. The summed E-state index contributed by atoms with van der Waals surface area (Å²) in [5.74, 6) is -4.14. The third kappa shape index (κ3) is 4.07. The Hall–Kier alpha value is -4.34. The summed E-state index contributed by atoms with van der Waals surface area (Å²) < 4.78 is 0. The Labute approximate surface area is 237 Å². The summed E-state index contributed by atoms with van der Waals surface area (Å²) in [7, 11) is -1.77. The molecule has 4 aliphatic rings. The molecule has 2 amide bonds. The first-order valence-corrected chi connectivity index (χ1v) is 13.6. The van der Waals surface area contributed by atoms with Gasteiger partial charge in [0.05, 0.1) is 17.5 Å². The van der Waals surface area contributed by atoms with Gasteiger partial charge in [-0.1, -0.05) is 48.1 Å². The van der Waals surface area contributed by atoms with Gasteiger partial charge in [-0.05, 0) is 61.3 Å². The lowest BCUT2D eigenvalue weighted by atomic mass is 9.59. The Morgan fingerprint density at radius 2 is 1.80 bits per heavy atom. The van der Waals surface area contributed by atoms with Gasteiger partial charge in [0, 0.05) is 28.2 Å². The number of fused-ring (bicyclic) bond motifs is 3. The van der Waals surface area contributed by atoms with Crippen LogP contribution >= 0.6 is 0 Å². The molecule has 4 unspecified atom stereocenters. The van der Waals surface area contributed by atoms with Crippen LogP contribution in [0.15, 0.2) is 89.6 Å². The monoisotopic (exact) mass is 549 g/mol. The quantitative estimate of drug-likeness (QED) is 0.226. The number of anilines is 1. The molecule has 3 aliphatic carbocycles. The van der Waals surface area contributed by atoms with Crippen LogP contribution in [-0.2, 0) is 25.6 Å². The van der Waals surface area contributed by atoms with Crippen LogP contribution in [0.2, 0.25) is 0 Å². The minimum atomic E-state index is -1.77. The van der Waals surface area contributed by atoms with Crippen molar-refractivity contribution in [1.82, 2.24) is 0 Å². The number of allylic oxidation sites excluding steroid dienone is 7. The predicted octanol–water partition coefficient (Wildman–Crippen LogP) is 2.43. The highest BCUT2D eigenvalue weighted by Gasteiger charge is 2.57. The first-order valence-electron chi connectivity index (χ1n) is 13.6. The van der Waals surface area contributed by atoms with Crippen LogP contribution < -0.4 is 10.4 Å². The lowest BCUT2D eigenvalue weighted by Gasteiger charge is -2.42. The van der Waals surface area contributed by atoms with Gasteiger partial charge in [-0.3, -0.25) is 24.1 Å². The Balaban J connectivity index is 1.49. The Kier molecular flexibility index (Phi) is 6.51. The van der Waals surface area contributed by atoms with Crippen molar-refractivity contribution in [3.8, 4) is 5.75 Å². The number of nitrogens with zero attached hydrogens (tertiary/aromatic N) is 1. The van der Waals surface area contributed by atoms with Crippen molar-refractivity contribution < 1.29 is 34.3 Å². The summed E-state index contributed by atoms with van der Waals surface area (Å²) in [5.41, 5.74) is 3.18. The Morgan fingerprint density at radius 1 is 1.05 bits per heavy atom. The second-order valence-corrected chi connectivity index (χ2v) is 11.1. The molecule has 1 aliphatic heterocycles. The fourth-order valence-electron chi connectivity index (χ4n) is 6.96. The van der Waals surface area contributed by atoms with Crippen LogP contribution in [0.1, 0.15) is 36.8 Å². The van der Waals surface area contributed by atoms with Gasteiger partial charge in [-0.2, -0.15) is 0 Å². The van der Waals surface area contributed by atoms with Crippen LogP contribution in [0, 0.1) is 17.8 Å². The molecule has 0 aromatic heterocycles. The zero-order valence-electron chi connectivity index (χ0n) is 22.4. The van der Waals surface area contributed by atoms with Gasteiger partial charge in [0.2, 0.25) is 11.8 Å². The Bertz CT molecular complexity index is 1650. The number of phenolic OH excluding ortho intramolecular Hbond substituents is 1. The van der Waals surface area contributed by atoms with Crippen molar-refractivity contribution in [3.63, 3.8) is 0 Å². The number of carbonyl (C=O) groups excluding carboxylic acids is 4. The molecule has 2 aromatic carbocycles. The van der Waals surface area contributed by atoms with E-state index in [1.54, 1.807) is 43.3 Å². The van der Waals surface area contributed by atoms with E-state index < -0.39 is 42.6 Å². The second-order valence-electron chi connectivity index (χ2n) is 11.1. The van der Waals surface area contributed by atoms with Crippen molar-refractivity contribution in [2.45, 2.75) is 32.1 Å². The zero-order chi connectivity index (χ0) is 29.2. The summed E-state index contributed by atoms with van der Waals surface area (Å²) in [4.78, 5) is 55.6. The molecule has 0 spiro atoms. The maximum absolute atomic E-state index is 14.0. The number of para-hydroxylation sites is 1. The minimum absolute atomic E-state index is 0.00945. The number of hydrogen-bond acceptors (Lipinski definition) is 7. The van der Waals surface area contributed by atoms with Gasteiger partial charge in [0.15, 0.2) is 11.6 Å². The van der Waals surface area contributed by atoms with Crippen molar-refractivity contribution in [1.29, 1.82) is 0 Å². The molecular formula is C32H28BNO7. The summed E-state index contributed by atoms with van der Waals surface area (Å²) in [6.07, 6.45) is 5.67. The third-order valence-electron chi connectivity index (χ3n) is 8.82. The van der Waals surface area contributed by atoms with E-state index in [0.29, 0.717) is 34.3 Å². The van der Waals surface area contributed by atoms with Gasteiger partial charge in [0.1, 0.15) is 5.75 Å². The minimum Gasteiger partial charge on any atom is -0.507 e. The highest BCUT2D eigenvalue weighted by Crippen LogP contribution is 2.56. The van der Waals surface area contributed by atoms with Crippen LogP contribution in [0.4, 0.5) is 5.69 Å². The van der Waals surface area contributed by atoms with Crippen molar-refractivity contribution in [2.24, 2.45) is 17.8 Å². The van der Waals surface area contributed by atoms with Crippen LogP contribution in [-0.4, -0.2) is 45.7 Å². The highest BCUT2D eigenvalue weighted by molar-refractivity contribution is 6.58. The molecule has 2 aromatic rings. The van der Waals surface area contributed by atoms with E-state index in [4.69, 9.17) is 0 Å². The van der Waals surface area contributed by atoms with Gasteiger partial charge in [-0.25, -0.2) is 0 Å². The number of carbonyl (C=O) groups is 4. The third-order valence-corrected chi connectivity index (χ3v) is 8.82. The number of hydrogen-bond donors (Lipinski definition) is 3. The average Bonchev–Trinajstić information content (AvgIpc) is 3.21. The molecule has 0 bridgehead atoms. The number of rotatable bonds is 5. The smallest absolute Gasteiger partial charge is 0.488 e. The standard InChI is InChI=1S/C32H28BNO7/c1-3-6-17-7-4-10-21(30(17)37)26-20-11-12-22-27(23(20)15-24-25(35)13-16(2)29(36)28(24)26)32(39)34(31(22)38)19-9-5-8-18(14-19)33(40)41/h3-5,7-11,13-14,22-23,26-27,37,40-41H,1,6,12,15H2,2H3. The molecule has 1 heterocycles. The maximum atomic E-state index is 14.0. The first-order chi connectivity index (χ1) is 19.6. The molecule has 206 valence electrons. The molecular weight excluding hydrogens is 521 g/mol. The number of benzene rings is 2. The summed E-state index contributed by atoms with van der Waals surface area (Å²) in [5, 5.41) is 30.6. The average molecular weight is 549 g/mol. The van der Waals surface area contributed by atoms with Crippen LogP contribution in [0.25, 0.3) is 0 Å². The molecule has 1 fully saturated rings. The lowest BCUT2D eigenvalue weighted by molar-refractivity contribution is -0.123. The summed E-state index contributed by atoms with van der Waals surface area (Å²) in [6.45, 7) is 5.36. The Morgan fingerprint density at radius 3 is 2.54 bits per heavy atom. The maximum Gasteiger partial charge on any atom is 0.488 e. The molecule has 1 saturated heterocycles. The predicted molar refractivity (Wildman–Crippen MR) is 152 cm³/mol. The van der Waals surface area contributed by atoms with Crippen LogP contribution in [0.5, 0.6) is 5.75 Å². The number of amides is 2. The molecule has 3 N–H and O–H groups in total. The van der Waals surface area contributed by atoms with Crippen LogP contribution in [0.3, 0.4) is 0 Å². The van der Waals surface area contributed by atoms with E-state index in [-0.39, 0.29) is 41.3 Å². The van der Waals surface area contributed by atoms with Gasteiger partial charge < -0.3 is 15.2 Å². The second kappa shape index (κ2) is 9.94. The molecule has 6 rings (SSSR count). The largest absolute Gasteiger partial charge is 0.507 e. The number of aromatic hydroxyl groups is 1. The van der Waals surface area contributed by atoms with E-state index in [9.17, 15) is 34.3 Å². The molecule has 0 radical (unpaired) electrons. The number of phenols is 1. The highest BCUT2D eigenvalue weighted by atomic mass is 16.4. The summed E-state index contributed by atoms with van der Waals surface area (Å²) in [6, 6.07) is 11.3. The van der Waals surface area contributed by atoms with Gasteiger partial charge in [0.25, 0.3) is 0 Å². The molecule has 0 saturated carbocycles. The fourth-order valence-corrected chi connectivity index (χ4v) is 6.96. The number of Topliss-reactive ketones (excluding diaryl/α,β-unsaturated/α-hetero) is 1. The number of imide groups is 1. The van der Waals surface area contributed by atoms with Gasteiger partial charge in [-0.15, -0.1) is 6.58 Å². The van der Waals surface area contributed by atoms with E-state index in [2.05, 4.69) is 6.58 Å². The fraction of sp³-hybridized carbons (Fsp3) is 0.250. The van der Waals surface area contributed by atoms with E-state index in [1.807, 2.05) is 6.08 Å². The van der Waals surface area contributed by atoms with Gasteiger partial charge >= 0.3 is 7.12 Å². The van der Waals surface area contributed by atoms with Crippen molar-refractivity contribution >= 4 is 41.6 Å². The molecule has 4 atom stereocenters. The zero-order valence-corrected chi connectivity index (χ0v) is 22.4. The van der Waals surface area contributed by atoms with E-state index in [0.717, 1.165) is 10.5 Å². The SMILES string of the molecule is C=CCc1cccc(C2C3=CCC4C(=O)N(c5cccc(B(O)O)c5)C(=O)C4C3CC3=C2C(=O)C(C)=CC3=O)c1O. The molecule has 8 nitrogen and oxygen atoms in total. The normalized spacial score (nSPS) is 25.4. The van der Waals surface area contributed by atoms with Crippen molar-refractivity contribution in [2.75, 3.05) is 4.90 Å². The topological polar surface area (TPSA) is 132 Å². The summed E-state index contributed by atoms with van der Waals surface area (Å²) >= 11 is 0. The van der Waals surface area contributed by atoms with E-state index >= 15 is 0 Å². The van der Waals surface area contributed by atoms with E-state index in [1.165, 1.54) is 18.2 Å².